The van der Waals surface area contributed by atoms with Crippen LogP contribution in [0.15, 0.2) is 0 Å². The minimum Gasteiger partial charge on any atom is -0.394 e. The van der Waals surface area contributed by atoms with Crippen LogP contribution in [0.5, 0.6) is 0 Å². The molecule has 0 unspecified atom stereocenters. The number of carbonyl (C=O) groups excluding carboxylic acids is 1. The second kappa shape index (κ2) is 7.58. The van der Waals surface area contributed by atoms with Gasteiger partial charge in [-0.25, -0.2) is 0 Å². The summed E-state index contributed by atoms with van der Waals surface area (Å²) >= 11 is 0. The number of aliphatic hydroxyl groups excluding tert-OH is 4. The van der Waals surface area contributed by atoms with Gasteiger partial charge in [-0.1, -0.05) is 6.92 Å². The van der Waals surface area contributed by atoms with Gasteiger partial charge in [-0.05, 0) is 0 Å². The van der Waals surface area contributed by atoms with E-state index >= 15 is 0 Å². The van der Waals surface area contributed by atoms with Crippen molar-refractivity contribution in [3.63, 3.8) is 0 Å². The summed E-state index contributed by atoms with van der Waals surface area (Å²) in [4.78, 5) is 10.8. The van der Waals surface area contributed by atoms with Gasteiger partial charge in [0.25, 0.3) is 0 Å². The number of aliphatic hydroxyl groups is 4. The van der Waals surface area contributed by atoms with Crippen molar-refractivity contribution in [1.82, 2.24) is 5.32 Å². The molecular formula is C9H19NO5. The normalized spacial score (nSPS) is 16.9. The third-order valence-corrected chi connectivity index (χ3v) is 2.00. The Labute approximate surface area is 88.5 Å². The van der Waals surface area contributed by atoms with Crippen molar-refractivity contribution in [2.75, 3.05) is 13.2 Å². The Bertz CT molecular complexity index is 187. The molecule has 0 aliphatic carbocycles. The molecule has 0 fully saturated rings. The van der Waals surface area contributed by atoms with Crippen molar-refractivity contribution in [2.45, 2.75) is 38.1 Å². The van der Waals surface area contributed by atoms with Crippen molar-refractivity contribution in [3.8, 4) is 0 Å². The molecule has 5 N–H and O–H groups in total. The zero-order valence-electron chi connectivity index (χ0n) is 8.76. The highest BCUT2D eigenvalue weighted by Crippen LogP contribution is 2.02. The Kier molecular flexibility index (Phi) is 7.23. The molecule has 3 atom stereocenters. The smallest absolute Gasteiger partial charge is 0.219 e. The third kappa shape index (κ3) is 6.40. The molecule has 0 aliphatic rings. The molecule has 0 saturated heterocycles. The third-order valence-electron chi connectivity index (χ3n) is 2.00. The second-order valence-corrected chi connectivity index (χ2v) is 3.36. The Balaban J connectivity index is 3.78. The van der Waals surface area contributed by atoms with E-state index in [0.29, 0.717) is 6.42 Å². The highest BCUT2D eigenvalue weighted by molar-refractivity contribution is 5.75. The first-order chi connectivity index (χ1) is 7.01. The lowest BCUT2D eigenvalue weighted by Crippen LogP contribution is -2.40. The van der Waals surface area contributed by atoms with Gasteiger partial charge in [0, 0.05) is 19.4 Å². The van der Waals surface area contributed by atoms with E-state index in [9.17, 15) is 15.0 Å². The molecule has 90 valence electrons. The fraction of sp³-hybridized carbons (Fsp3) is 0.889. The summed E-state index contributed by atoms with van der Waals surface area (Å²) in [6.07, 6.45) is -3.18. The lowest BCUT2D eigenvalue weighted by atomic mass is 10.1. The molecule has 15 heavy (non-hydrogen) atoms. The lowest BCUT2D eigenvalue weighted by Gasteiger charge is -2.19. The maximum Gasteiger partial charge on any atom is 0.219 e. The quantitative estimate of drug-likeness (QED) is 0.341. The Hall–Kier alpha value is -0.690. The Morgan fingerprint density at radius 2 is 1.87 bits per heavy atom. The molecule has 0 saturated carbocycles. The van der Waals surface area contributed by atoms with E-state index in [0.717, 1.165) is 0 Å². The van der Waals surface area contributed by atoms with Gasteiger partial charge < -0.3 is 25.7 Å². The first kappa shape index (κ1) is 14.3. The largest absolute Gasteiger partial charge is 0.394 e. The Morgan fingerprint density at radius 1 is 1.27 bits per heavy atom. The van der Waals surface area contributed by atoms with Crippen LogP contribution in [0.25, 0.3) is 0 Å². The molecule has 0 aromatic rings. The van der Waals surface area contributed by atoms with Crippen LogP contribution in [-0.2, 0) is 4.79 Å². The fourth-order valence-corrected chi connectivity index (χ4v) is 0.990. The van der Waals surface area contributed by atoms with Crippen LogP contribution < -0.4 is 5.32 Å². The molecule has 0 spiro atoms. The topological polar surface area (TPSA) is 110 Å². The predicted molar refractivity (Wildman–Crippen MR) is 53.0 cm³/mol. The van der Waals surface area contributed by atoms with E-state index in [4.69, 9.17) is 10.2 Å². The van der Waals surface area contributed by atoms with Crippen molar-refractivity contribution in [1.29, 1.82) is 0 Å². The Morgan fingerprint density at radius 3 is 2.33 bits per heavy atom. The summed E-state index contributed by atoms with van der Waals surface area (Å²) in [5.74, 6) is -0.219. The molecule has 0 heterocycles. The maximum absolute atomic E-state index is 10.8. The summed E-state index contributed by atoms with van der Waals surface area (Å²) in [6, 6.07) is 0. The molecule has 6 heteroatoms. The van der Waals surface area contributed by atoms with Gasteiger partial charge in [-0.15, -0.1) is 0 Å². The predicted octanol–water partition coefficient (Wildman–Crippen LogP) is -2.02. The highest BCUT2D eigenvalue weighted by atomic mass is 16.3. The van der Waals surface area contributed by atoms with Crippen LogP contribution in [0, 0.1) is 0 Å². The fourth-order valence-electron chi connectivity index (χ4n) is 0.990. The highest BCUT2D eigenvalue weighted by Gasteiger charge is 2.19. The molecule has 0 rings (SSSR count). The molecule has 0 radical (unpaired) electrons. The van der Waals surface area contributed by atoms with Crippen LogP contribution in [-0.4, -0.2) is 57.8 Å². The zero-order valence-corrected chi connectivity index (χ0v) is 8.76. The number of rotatable bonds is 7. The van der Waals surface area contributed by atoms with E-state index < -0.39 is 24.9 Å². The lowest BCUT2D eigenvalue weighted by molar-refractivity contribution is -0.121. The van der Waals surface area contributed by atoms with Gasteiger partial charge in [0.2, 0.25) is 5.91 Å². The van der Waals surface area contributed by atoms with Crippen LogP contribution >= 0.6 is 0 Å². The van der Waals surface area contributed by atoms with Gasteiger partial charge in [0.05, 0.1) is 24.9 Å². The van der Waals surface area contributed by atoms with Crippen molar-refractivity contribution >= 4 is 5.91 Å². The molecule has 0 bridgehead atoms. The minimum atomic E-state index is -1.16. The van der Waals surface area contributed by atoms with Crippen molar-refractivity contribution in [2.24, 2.45) is 0 Å². The summed E-state index contributed by atoms with van der Waals surface area (Å²) in [7, 11) is 0. The second-order valence-electron chi connectivity index (χ2n) is 3.36. The molecule has 6 nitrogen and oxygen atoms in total. The SMILES string of the molecule is CCC(=O)NC[C@H](O)[C@@H](O)C[C@H](O)CO. The van der Waals surface area contributed by atoms with E-state index in [1.54, 1.807) is 6.92 Å². The number of carbonyl (C=O) groups is 1. The van der Waals surface area contributed by atoms with Gasteiger partial charge in [0.1, 0.15) is 0 Å². The van der Waals surface area contributed by atoms with E-state index in [2.05, 4.69) is 5.32 Å². The van der Waals surface area contributed by atoms with Crippen molar-refractivity contribution < 1.29 is 25.2 Å². The van der Waals surface area contributed by atoms with Crippen LogP contribution in [0.2, 0.25) is 0 Å². The van der Waals surface area contributed by atoms with Gasteiger partial charge in [-0.3, -0.25) is 4.79 Å². The summed E-state index contributed by atoms with van der Waals surface area (Å²) < 4.78 is 0. The molecular weight excluding hydrogens is 202 g/mol. The first-order valence-electron chi connectivity index (χ1n) is 4.93. The standard InChI is InChI=1S/C9H19NO5/c1-2-9(15)10-4-8(14)7(13)3-6(12)5-11/h6-8,11-14H,2-5H2,1H3,(H,10,15)/t6-,7-,8-/m0/s1. The average Bonchev–Trinajstić information content (AvgIpc) is 2.24. The molecule has 0 aliphatic heterocycles. The van der Waals surface area contributed by atoms with Crippen LogP contribution in [0.1, 0.15) is 19.8 Å². The van der Waals surface area contributed by atoms with Crippen LogP contribution in [0.3, 0.4) is 0 Å². The summed E-state index contributed by atoms with van der Waals surface area (Å²) in [5.41, 5.74) is 0. The maximum atomic E-state index is 10.8. The molecule has 0 aromatic heterocycles. The van der Waals surface area contributed by atoms with Gasteiger partial charge in [0.15, 0.2) is 0 Å². The van der Waals surface area contributed by atoms with E-state index in [1.165, 1.54) is 0 Å². The summed E-state index contributed by atoms with van der Waals surface area (Å²) in [6.45, 7) is 1.14. The van der Waals surface area contributed by atoms with E-state index in [-0.39, 0.29) is 18.9 Å². The molecule has 1 amide bonds. The zero-order chi connectivity index (χ0) is 11.8. The monoisotopic (exact) mass is 221 g/mol. The van der Waals surface area contributed by atoms with Crippen LogP contribution in [0.4, 0.5) is 0 Å². The summed E-state index contributed by atoms with van der Waals surface area (Å²) in [5, 5.41) is 38.6. The number of hydrogen-bond donors (Lipinski definition) is 5. The number of nitrogens with one attached hydrogen (secondary N) is 1. The minimum absolute atomic E-state index is 0.0635. The number of amides is 1. The first-order valence-corrected chi connectivity index (χ1v) is 4.93. The van der Waals surface area contributed by atoms with Gasteiger partial charge in [-0.2, -0.15) is 0 Å². The van der Waals surface area contributed by atoms with Crippen molar-refractivity contribution in [3.05, 3.63) is 0 Å². The van der Waals surface area contributed by atoms with E-state index in [1.807, 2.05) is 0 Å². The molecule has 0 aromatic carbocycles. The number of hydrogen-bond acceptors (Lipinski definition) is 5. The average molecular weight is 221 g/mol. The van der Waals surface area contributed by atoms with Gasteiger partial charge >= 0.3 is 0 Å².